The molecule has 0 aromatic rings. The van der Waals surface area contributed by atoms with Gasteiger partial charge in [0.05, 0.1) is 0 Å². The van der Waals surface area contributed by atoms with Gasteiger partial charge >= 0.3 is 0 Å². The lowest BCUT2D eigenvalue weighted by Gasteiger charge is -2.11. The molecule has 1 rings (SSSR count). The van der Waals surface area contributed by atoms with Crippen LogP contribution in [0.1, 0.15) is 20.8 Å². The van der Waals surface area contributed by atoms with Gasteiger partial charge in [-0.1, -0.05) is 13.8 Å². The number of nitrogens with one attached hydrogen (secondary N) is 2. The predicted octanol–water partition coefficient (Wildman–Crippen LogP) is 1.02. The largest absolute Gasteiger partial charge is 0.326 e. The van der Waals surface area contributed by atoms with Gasteiger partial charge in [0.1, 0.15) is 0 Å². The lowest BCUT2D eigenvalue weighted by molar-refractivity contribution is 0.461. The highest BCUT2D eigenvalue weighted by molar-refractivity contribution is 5.07. The fourth-order valence-electron chi connectivity index (χ4n) is 0.909. The van der Waals surface area contributed by atoms with E-state index < -0.39 is 0 Å². The summed E-state index contributed by atoms with van der Waals surface area (Å²) in [4.78, 5) is 0. The van der Waals surface area contributed by atoms with Crippen molar-refractivity contribution in [2.45, 2.75) is 26.8 Å². The van der Waals surface area contributed by atoms with Crippen LogP contribution in [0.2, 0.25) is 0 Å². The molecule has 2 heteroatoms. The van der Waals surface area contributed by atoms with Gasteiger partial charge in [0.25, 0.3) is 0 Å². The van der Waals surface area contributed by atoms with Crippen LogP contribution in [0.4, 0.5) is 0 Å². The summed E-state index contributed by atoms with van der Waals surface area (Å²) in [6, 6.07) is 0.519. The summed E-state index contributed by atoms with van der Waals surface area (Å²) < 4.78 is 0. The molecule has 0 radical (unpaired) electrons. The molecule has 0 aromatic carbocycles. The van der Waals surface area contributed by atoms with Crippen LogP contribution in [0.25, 0.3) is 0 Å². The van der Waals surface area contributed by atoms with Gasteiger partial charge in [-0.25, -0.2) is 5.43 Å². The molecular formula is C7H14N2. The van der Waals surface area contributed by atoms with E-state index >= 15 is 0 Å². The fraction of sp³-hybridized carbons (Fsp3) is 0.714. The van der Waals surface area contributed by atoms with Crippen molar-refractivity contribution < 1.29 is 0 Å². The van der Waals surface area contributed by atoms with Gasteiger partial charge in [-0.05, 0) is 18.9 Å². The minimum Gasteiger partial charge on any atom is -0.326 e. The van der Waals surface area contributed by atoms with E-state index in [1.165, 1.54) is 5.70 Å². The Morgan fingerprint density at radius 3 is 2.44 bits per heavy atom. The summed E-state index contributed by atoms with van der Waals surface area (Å²) in [5.74, 6) is 0.676. The van der Waals surface area contributed by atoms with E-state index in [1.54, 1.807) is 0 Å². The Morgan fingerprint density at radius 1 is 1.56 bits per heavy atom. The third-order valence-corrected chi connectivity index (χ3v) is 1.58. The average Bonchev–Trinajstić information content (AvgIpc) is 2.14. The van der Waals surface area contributed by atoms with Crippen LogP contribution >= 0.6 is 0 Å². The van der Waals surface area contributed by atoms with E-state index in [9.17, 15) is 0 Å². The standard InChI is InChI=1S/C7H14N2/c1-5(2)7-4-6(3)8-9-7/h4-5,7-9H,1-3H3. The van der Waals surface area contributed by atoms with Crippen molar-refractivity contribution in [3.8, 4) is 0 Å². The summed E-state index contributed by atoms with van der Waals surface area (Å²) in [5, 5.41) is 0. The molecule has 0 bridgehead atoms. The monoisotopic (exact) mass is 126 g/mol. The van der Waals surface area contributed by atoms with Gasteiger partial charge in [0.15, 0.2) is 0 Å². The van der Waals surface area contributed by atoms with E-state index in [4.69, 9.17) is 0 Å². The molecule has 2 N–H and O–H groups in total. The Hall–Kier alpha value is -0.500. The third kappa shape index (κ3) is 1.45. The lowest BCUT2D eigenvalue weighted by atomic mass is 10.1. The van der Waals surface area contributed by atoms with Crippen LogP contribution in [-0.4, -0.2) is 6.04 Å². The molecule has 0 fully saturated rings. The second kappa shape index (κ2) is 2.40. The minimum absolute atomic E-state index is 0.519. The lowest BCUT2D eigenvalue weighted by Crippen LogP contribution is -2.34. The van der Waals surface area contributed by atoms with E-state index in [1.807, 2.05) is 0 Å². The maximum absolute atomic E-state index is 3.16. The van der Waals surface area contributed by atoms with Crippen molar-refractivity contribution in [3.05, 3.63) is 11.8 Å². The highest BCUT2D eigenvalue weighted by atomic mass is 15.4. The van der Waals surface area contributed by atoms with Crippen LogP contribution < -0.4 is 10.9 Å². The Kier molecular flexibility index (Phi) is 1.76. The third-order valence-electron chi connectivity index (χ3n) is 1.58. The molecule has 0 amide bonds. The number of hydrazine groups is 1. The molecule has 1 atom stereocenters. The van der Waals surface area contributed by atoms with Crippen molar-refractivity contribution >= 4 is 0 Å². The number of hydrogen-bond acceptors (Lipinski definition) is 2. The van der Waals surface area contributed by atoms with Crippen molar-refractivity contribution in [3.63, 3.8) is 0 Å². The predicted molar refractivity (Wildman–Crippen MR) is 38.7 cm³/mol. The number of allylic oxidation sites excluding steroid dienone is 1. The van der Waals surface area contributed by atoms with Gasteiger partial charge in [-0.15, -0.1) is 0 Å². The molecule has 2 nitrogen and oxygen atoms in total. The maximum Gasteiger partial charge on any atom is 0.0483 e. The molecule has 0 saturated carbocycles. The highest BCUT2D eigenvalue weighted by Crippen LogP contribution is 2.08. The zero-order valence-electron chi connectivity index (χ0n) is 6.23. The molecule has 0 aliphatic carbocycles. The zero-order chi connectivity index (χ0) is 6.85. The van der Waals surface area contributed by atoms with Crippen LogP contribution in [0, 0.1) is 5.92 Å². The first kappa shape index (κ1) is 6.62. The van der Waals surface area contributed by atoms with Gasteiger partial charge in [0.2, 0.25) is 0 Å². The first-order valence-electron chi connectivity index (χ1n) is 3.40. The molecule has 1 unspecified atom stereocenters. The van der Waals surface area contributed by atoms with Gasteiger partial charge < -0.3 is 5.43 Å². The van der Waals surface area contributed by atoms with Crippen molar-refractivity contribution in [1.29, 1.82) is 0 Å². The SMILES string of the molecule is CC1=CC(C(C)C)NN1. The van der Waals surface area contributed by atoms with E-state index in [0.717, 1.165) is 0 Å². The zero-order valence-corrected chi connectivity index (χ0v) is 6.23. The van der Waals surface area contributed by atoms with Crippen molar-refractivity contribution in [2.75, 3.05) is 0 Å². The first-order valence-corrected chi connectivity index (χ1v) is 3.40. The number of rotatable bonds is 1. The van der Waals surface area contributed by atoms with Crippen molar-refractivity contribution in [1.82, 2.24) is 10.9 Å². The Balaban J connectivity index is 2.47. The molecule has 1 aliphatic rings. The summed E-state index contributed by atoms with van der Waals surface area (Å²) in [6.07, 6.45) is 2.21. The molecule has 1 heterocycles. The molecule has 0 aromatic heterocycles. The molecule has 0 saturated heterocycles. The normalized spacial score (nSPS) is 26.2. The van der Waals surface area contributed by atoms with E-state index in [0.29, 0.717) is 12.0 Å². The molecule has 0 spiro atoms. The van der Waals surface area contributed by atoms with Gasteiger partial charge in [-0.2, -0.15) is 0 Å². The van der Waals surface area contributed by atoms with Crippen LogP contribution in [-0.2, 0) is 0 Å². The smallest absolute Gasteiger partial charge is 0.0483 e. The molecule has 52 valence electrons. The highest BCUT2D eigenvalue weighted by Gasteiger charge is 2.14. The average molecular weight is 126 g/mol. The Morgan fingerprint density at radius 2 is 2.22 bits per heavy atom. The second-order valence-electron chi connectivity index (χ2n) is 2.89. The Bertz CT molecular complexity index is 127. The van der Waals surface area contributed by atoms with Crippen LogP contribution in [0.3, 0.4) is 0 Å². The van der Waals surface area contributed by atoms with Crippen LogP contribution in [0.5, 0.6) is 0 Å². The second-order valence-corrected chi connectivity index (χ2v) is 2.89. The van der Waals surface area contributed by atoms with E-state index in [-0.39, 0.29) is 0 Å². The number of hydrogen-bond donors (Lipinski definition) is 2. The fourth-order valence-corrected chi connectivity index (χ4v) is 0.909. The maximum atomic E-state index is 3.16. The molecule has 9 heavy (non-hydrogen) atoms. The van der Waals surface area contributed by atoms with Gasteiger partial charge in [-0.3, -0.25) is 0 Å². The first-order chi connectivity index (χ1) is 4.20. The summed E-state index contributed by atoms with van der Waals surface area (Å²) in [6.45, 7) is 6.47. The minimum atomic E-state index is 0.519. The van der Waals surface area contributed by atoms with Crippen LogP contribution in [0.15, 0.2) is 11.8 Å². The quantitative estimate of drug-likeness (QED) is 0.548. The van der Waals surface area contributed by atoms with Crippen molar-refractivity contribution in [2.24, 2.45) is 5.92 Å². The summed E-state index contributed by atoms with van der Waals surface area (Å²) >= 11 is 0. The van der Waals surface area contributed by atoms with E-state index in [2.05, 4.69) is 37.7 Å². The molecule has 1 aliphatic heterocycles. The van der Waals surface area contributed by atoms with Gasteiger partial charge in [0, 0.05) is 11.7 Å². The summed E-state index contributed by atoms with van der Waals surface area (Å²) in [5.41, 5.74) is 7.46. The Labute approximate surface area is 56.3 Å². The topological polar surface area (TPSA) is 24.1 Å². The summed E-state index contributed by atoms with van der Waals surface area (Å²) in [7, 11) is 0. The molecular weight excluding hydrogens is 112 g/mol.